The Hall–Kier alpha value is -0.0800. The van der Waals surface area contributed by atoms with Crippen molar-refractivity contribution < 1.29 is 0 Å². The zero-order valence-corrected chi connectivity index (χ0v) is 11.7. The summed E-state index contributed by atoms with van der Waals surface area (Å²) < 4.78 is 0. The molecule has 2 unspecified atom stereocenters. The van der Waals surface area contributed by atoms with Crippen molar-refractivity contribution in [1.29, 1.82) is 0 Å². The fraction of sp³-hybridized carbons (Fsp3) is 1.00. The highest BCUT2D eigenvalue weighted by molar-refractivity contribution is 4.89. The van der Waals surface area contributed by atoms with Gasteiger partial charge in [0.25, 0.3) is 0 Å². The van der Waals surface area contributed by atoms with Gasteiger partial charge in [-0.15, -0.1) is 0 Å². The molecule has 1 saturated heterocycles. The molecule has 0 spiro atoms. The lowest BCUT2D eigenvalue weighted by Crippen LogP contribution is -2.53. The van der Waals surface area contributed by atoms with Crippen LogP contribution in [0, 0.1) is 11.8 Å². The monoisotopic (exact) mass is 238 g/mol. The number of hydrogen-bond donors (Lipinski definition) is 1. The van der Waals surface area contributed by atoms with Crippen molar-refractivity contribution in [1.82, 2.24) is 4.90 Å². The molecule has 100 valence electrons. The van der Waals surface area contributed by atoms with E-state index < -0.39 is 0 Å². The topological polar surface area (TPSA) is 29.3 Å². The van der Waals surface area contributed by atoms with E-state index in [0.717, 1.165) is 24.4 Å². The molecule has 0 radical (unpaired) electrons. The molecule has 1 heterocycles. The summed E-state index contributed by atoms with van der Waals surface area (Å²) >= 11 is 0. The lowest BCUT2D eigenvalue weighted by molar-refractivity contribution is 0.0374. The predicted molar refractivity (Wildman–Crippen MR) is 74.0 cm³/mol. The third-order valence-corrected chi connectivity index (χ3v) is 5.26. The Labute approximate surface area is 107 Å². The lowest BCUT2D eigenvalue weighted by Gasteiger charge is -2.46. The number of piperidine rings is 1. The largest absolute Gasteiger partial charge is 0.329 e. The Bertz CT molecular complexity index is 221. The first-order valence-corrected chi connectivity index (χ1v) is 7.72. The molecular weight excluding hydrogens is 208 g/mol. The summed E-state index contributed by atoms with van der Waals surface area (Å²) in [4.78, 5) is 2.76. The maximum Gasteiger partial charge on any atom is 0.0246 e. The second-order valence-corrected chi connectivity index (χ2v) is 6.24. The minimum absolute atomic E-state index is 0.659. The highest BCUT2D eigenvalue weighted by Gasteiger charge is 2.33. The minimum atomic E-state index is 0.659. The fourth-order valence-corrected chi connectivity index (χ4v) is 3.99. The first-order valence-electron chi connectivity index (χ1n) is 7.72. The van der Waals surface area contributed by atoms with Crippen LogP contribution in [0.15, 0.2) is 0 Å². The summed E-state index contributed by atoms with van der Waals surface area (Å²) in [7, 11) is 0. The van der Waals surface area contributed by atoms with E-state index in [1.165, 1.54) is 51.5 Å². The smallest absolute Gasteiger partial charge is 0.0246 e. The number of rotatable bonds is 3. The summed E-state index contributed by atoms with van der Waals surface area (Å²) in [6.45, 7) is 6.89. The van der Waals surface area contributed by atoms with Crippen molar-refractivity contribution >= 4 is 0 Å². The van der Waals surface area contributed by atoms with E-state index in [-0.39, 0.29) is 0 Å². The van der Waals surface area contributed by atoms with E-state index in [2.05, 4.69) is 18.7 Å². The highest BCUT2D eigenvalue weighted by atomic mass is 15.2. The van der Waals surface area contributed by atoms with Crippen molar-refractivity contribution in [3.05, 3.63) is 0 Å². The quantitative estimate of drug-likeness (QED) is 0.819. The molecule has 2 heteroatoms. The van der Waals surface area contributed by atoms with Crippen LogP contribution in [0.2, 0.25) is 0 Å². The van der Waals surface area contributed by atoms with E-state index in [4.69, 9.17) is 5.73 Å². The van der Waals surface area contributed by atoms with Crippen LogP contribution in [0.3, 0.4) is 0 Å². The average molecular weight is 238 g/mol. The molecular formula is C15H30N2. The molecule has 0 amide bonds. The summed E-state index contributed by atoms with van der Waals surface area (Å²) in [6.07, 6.45) is 9.87. The van der Waals surface area contributed by atoms with Gasteiger partial charge in [0, 0.05) is 18.6 Å². The predicted octanol–water partition coefficient (Wildman–Crippen LogP) is 3.01. The molecule has 2 fully saturated rings. The molecule has 1 aliphatic heterocycles. The third-order valence-electron chi connectivity index (χ3n) is 5.26. The minimum Gasteiger partial charge on any atom is -0.329 e. The number of nitrogens with two attached hydrogens (primary N) is 1. The van der Waals surface area contributed by atoms with Crippen LogP contribution in [0.1, 0.15) is 58.8 Å². The Morgan fingerprint density at radius 2 is 1.82 bits per heavy atom. The van der Waals surface area contributed by atoms with E-state index in [9.17, 15) is 0 Å². The van der Waals surface area contributed by atoms with E-state index in [1.807, 2.05) is 0 Å². The van der Waals surface area contributed by atoms with E-state index >= 15 is 0 Å². The van der Waals surface area contributed by atoms with Gasteiger partial charge < -0.3 is 5.73 Å². The van der Waals surface area contributed by atoms with Crippen molar-refractivity contribution in [2.24, 2.45) is 17.6 Å². The van der Waals surface area contributed by atoms with Gasteiger partial charge in [0.2, 0.25) is 0 Å². The Kier molecular flexibility index (Phi) is 4.87. The van der Waals surface area contributed by atoms with Gasteiger partial charge in [0.05, 0.1) is 0 Å². The standard InChI is InChI=1S/C15H30N2/c1-3-13-6-8-14(9-7-13)17-10-4-5-12(2)15(17)11-16/h12-15H,3-11,16H2,1-2H3. The molecule has 0 aromatic rings. The normalized spacial score (nSPS) is 40.4. The summed E-state index contributed by atoms with van der Waals surface area (Å²) in [5.74, 6) is 1.81. The molecule has 2 nitrogen and oxygen atoms in total. The Balaban J connectivity index is 1.92. The van der Waals surface area contributed by atoms with E-state index in [1.54, 1.807) is 0 Å². The molecule has 0 aromatic heterocycles. The zero-order valence-electron chi connectivity index (χ0n) is 11.7. The molecule has 2 aliphatic rings. The van der Waals surface area contributed by atoms with Crippen LogP contribution in [0.4, 0.5) is 0 Å². The molecule has 0 aromatic carbocycles. The van der Waals surface area contributed by atoms with Crippen LogP contribution < -0.4 is 5.73 Å². The van der Waals surface area contributed by atoms with Crippen molar-refractivity contribution in [2.45, 2.75) is 70.9 Å². The molecule has 2 N–H and O–H groups in total. The third kappa shape index (κ3) is 3.03. The van der Waals surface area contributed by atoms with Crippen molar-refractivity contribution in [3.63, 3.8) is 0 Å². The number of hydrogen-bond acceptors (Lipinski definition) is 2. The maximum absolute atomic E-state index is 6.00. The maximum atomic E-state index is 6.00. The molecule has 0 bridgehead atoms. The van der Waals surface area contributed by atoms with Gasteiger partial charge in [0.1, 0.15) is 0 Å². The van der Waals surface area contributed by atoms with Crippen LogP contribution in [-0.2, 0) is 0 Å². The summed E-state index contributed by atoms with van der Waals surface area (Å²) in [5.41, 5.74) is 6.00. The number of nitrogens with zero attached hydrogens (tertiary/aromatic N) is 1. The van der Waals surface area contributed by atoms with E-state index in [0.29, 0.717) is 6.04 Å². The van der Waals surface area contributed by atoms with Crippen molar-refractivity contribution in [3.8, 4) is 0 Å². The Morgan fingerprint density at radius 1 is 1.12 bits per heavy atom. The van der Waals surface area contributed by atoms with Gasteiger partial charge in [-0.1, -0.05) is 20.3 Å². The molecule has 2 atom stereocenters. The van der Waals surface area contributed by atoms with Crippen LogP contribution in [0.25, 0.3) is 0 Å². The van der Waals surface area contributed by atoms with Gasteiger partial charge in [-0.3, -0.25) is 4.90 Å². The van der Waals surface area contributed by atoms with Gasteiger partial charge in [-0.2, -0.15) is 0 Å². The number of likely N-dealkylation sites (tertiary alicyclic amines) is 1. The summed E-state index contributed by atoms with van der Waals surface area (Å²) in [6, 6.07) is 1.50. The van der Waals surface area contributed by atoms with Crippen molar-refractivity contribution in [2.75, 3.05) is 13.1 Å². The SMILES string of the molecule is CCC1CCC(N2CCCC(C)C2CN)CC1. The van der Waals surface area contributed by atoms with Gasteiger partial charge in [0.15, 0.2) is 0 Å². The lowest BCUT2D eigenvalue weighted by atomic mass is 9.81. The molecule has 1 aliphatic carbocycles. The van der Waals surface area contributed by atoms with Gasteiger partial charge >= 0.3 is 0 Å². The second kappa shape index (κ2) is 6.19. The zero-order chi connectivity index (χ0) is 12.3. The molecule has 2 rings (SSSR count). The highest BCUT2D eigenvalue weighted by Crippen LogP contribution is 2.33. The molecule has 1 saturated carbocycles. The summed E-state index contributed by atoms with van der Waals surface area (Å²) in [5, 5.41) is 0. The Morgan fingerprint density at radius 3 is 2.41 bits per heavy atom. The fourth-order valence-electron chi connectivity index (χ4n) is 3.99. The first kappa shape index (κ1) is 13.4. The van der Waals surface area contributed by atoms with Crippen LogP contribution >= 0.6 is 0 Å². The van der Waals surface area contributed by atoms with Gasteiger partial charge in [-0.05, 0) is 56.9 Å². The van der Waals surface area contributed by atoms with Crippen LogP contribution in [0.5, 0.6) is 0 Å². The van der Waals surface area contributed by atoms with Crippen LogP contribution in [-0.4, -0.2) is 30.1 Å². The van der Waals surface area contributed by atoms with Gasteiger partial charge in [-0.25, -0.2) is 0 Å². The second-order valence-electron chi connectivity index (χ2n) is 6.24. The first-order chi connectivity index (χ1) is 8.26. The molecule has 17 heavy (non-hydrogen) atoms. The average Bonchev–Trinajstić information content (AvgIpc) is 2.38.